The van der Waals surface area contributed by atoms with Crippen molar-refractivity contribution in [2.24, 2.45) is 0 Å². The number of hydrogen-bond acceptors (Lipinski definition) is 5. The molecule has 0 aliphatic heterocycles. The smallest absolute Gasteiger partial charge is 0.413 e. The molecule has 0 aliphatic carbocycles. The third-order valence-corrected chi connectivity index (χ3v) is 2.26. The Labute approximate surface area is 124 Å². The van der Waals surface area contributed by atoms with Crippen LogP contribution < -0.4 is 10.1 Å². The van der Waals surface area contributed by atoms with Gasteiger partial charge < -0.3 is 14.6 Å². The summed E-state index contributed by atoms with van der Waals surface area (Å²) in [6.45, 7) is 7.10. The molecule has 6 nitrogen and oxygen atoms in total. The van der Waals surface area contributed by atoms with Crippen molar-refractivity contribution in [2.75, 3.05) is 6.61 Å². The second-order valence-corrected chi connectivity index (χ2v) is 5.69. The molecular formula is C15H22N2O4. The van der Waals surface area contributed by atoms with Crippen LogP contribution in [0.5, 0.6) is 5.75 Å². The normalized spacial score (nSPS) is 12.4. The van der Waals surface area contributed by atoms with E-state index in [-0.39, 0.29) is 12.4 Å². The summed E-state index contributed by atoms with van der Waals surface area (Å²) < 4.78 is 10.4. The van der Waals surface area contributed by atoms with Gasteiger partial charge in [0.15, 0.2) is 0 Å². The van der Waals surface area contributed by atoms with Crippen LogP contribution in [-0.4, -0.2) is 35.3 Å². The highest BCUT2D eigenvalue weighted by molar-refractivity contribution is 6.04. The number of carbonyl (C=O) groups is 1. The Morgan fingerprint density at radius 3 is 2.38 bits per heavy atom. The van der Waals surface area contributed by atoms with E-state index < -0.39 is 17.8 Å². The van der Waals surface area contributed by atoms with Crippen molar-refractivity contribution < 1.29 is 19.4 Å². The first-order chi connectivity index (χ1) is 9.67. The number of alkyl carbamates (subject to hydrolysis) is 1. The number of hydrogen-bond donors (Lipinski definition) is 3. The van der Waals surface area contributed by atoms with Crippen molar-refractivity contribution >= 4 is 11.9 Å². The number of amides is 1. The van der Waals surface area contributed by atoms with Crippen molar-refractivity contribution in [1.82, 2.24) is 5.32 Å². The van der Waals surface area contributed by atoms with Gasteiger partial charge in [0.1, 0.15) is 23.8 Å². The highest BCUT2D eigenvalue weighted by Crippen LogP contribution is 2.13. The number of benzene rings is 1. The van der Waals surface area contributed by atoms with E-state index in [1.54, 1.807) is 52.0 Å². The van der Waals surface area contributed by atoms with Gasteiger partial charge in [0.25, 0.3) is 0 Å². The molecule has 0 saturated carbocycles. The van der Waals surface area contributed by atoms with E-state index in [2.05, 4.69) is 5.32 Å². The van der Waals surface area contributed by atoms with Crippen LogP contribution in [0.3, 0.4) is 0 Å². The van der Waals surface area contributed by atoms with Gasteiger partial charge in [-0.3, -0.25) is 10.7 Å². The Balaban J connectivity index is 2.57. The van der Waals surface area contributed by atoms with Gasteiger partial charge in [-0.1, -0.05) is 0 Å². The molecule has 21 heavy (non-hydrogen) atoms. The monoisotopic (exact) mass is 294 g/mol. The van der Waals surface area contributed by atoms with Gasteiger partial charge in [0.2, 0.25) is 0 Å². The summed E-state index contributed by atoms with van der Waals surface area (Å²) in [6.07, 6.45) is -1.21. The highest BCUT2D eigenvalue weighted by Gasteiger charge is 2.17. The maximum atomic E-state index is 11.6. The fourth-order valence-electron chi connectivity index (χ4n) is 1.41. The topological polar surface area (TPSA) is 91.6 Å². The average molecular weight is 294 g/mol. The van der Waals surface area contributed by atoms with E-state index in [0.717, 1.165) is 0 Å². The first kappa shape index (κ1) is 17.0. The van der Waals surface area contributed by atoms with E-state index >= 15 is 0 Å². The van der Waals surface area contributed by atoms with E-state index in [1.807, 2.05) is 0 Å². The molecule has 1 atom stereocenters. The maximum absolute atomic E-state index is 11.6. The SMILES string of the molecule is CC(O)COc1ccc(C(=N)NC(=O)OC(C)(C)C)cc1. The van der Waals surface area contributed by atoms with E-state index in [1.165, 1.54) is 0 Å². The van der Waals surface area contributed by atoms with Gasteiger partial charge in [-0.25, -0.2) is 4.79 Å². The van der Waals surface area contributed by atoms with Crippen LogP contribution in [0.4, 0.5) is 4.79 Å². The van der Waals surface area contributed by atoms with Crippen molar-refractivity contribution in [1.29, 1.82) is 5.41 Å². The molecule has 0 aromatic heterocycles. The largest absolute Gasteiger partial charge is 0.491 e. The summed E-state index contributed by atoms with van der Waals surface area (Å²) in [5.74, 6) is 0.538. The molecule has 1 rings (SSSR count). The Morgan fingerprint density at radius 1 is 1.33 bits per heavy atom. The van der Waals surface area contributed by atoms with Crippen LogP contribution in [0.15, 0.2) is 24.3 Å². The molecule has 6 heteroatoms. The summed E-state index contributed by atoms with van der Waals surface area (Å²) in [5, 5.41) is 19.3. The number of ether oxygens (including phenoxy) is 2. The average Bonchev–Trinajstić information content (AvgIpc) is 2.34. The van der Waals surface area contributed by atoms with Crippen LogP contribution in [0.1, 0.15) is 33.3 Å². The van der Waals surface area contributed by atoms with E-state index in [9.17, 15) is 4.79 Å². The zero-order valence-corrected chi connectivity index (χ0v) is 12.8. The molecule has 3 N–H and O–H groups in total. The van der Waals surface area contributed by atoms with Crippen molar-refractivity contribution in [3.8, 4) is 5.75 Å². The molecular weight excluding hydrogens is 272 g/mol. The third kappa shape index (κ3) is 6.76. The van der Waals surface area contributed by atoms with Crippen molar-refractivity contribution in [3.63, 3.8) is 0 Å². The fourth-order valence-corrected chi connectivity index (χ4v) is 1.41. The second-order valence-electron chi connectivity index (χ2n) is 5.69. The quantitative estimate of drug-likeness (QED) is 0.587. The zero-order chi connectivity index (χ0) is 16.0. The van der Waals surface area contributed by atoms with Crippen LogP contribution in [0.2, 0.25) is 0 Å². The van der Waals surface area contributed by atoms with Crippen LogP contribution in [0, 0.1) is 5.41 Å². The summed E-state index contributed by atoms with van der Waals surface area (Å²) >= 11 is 0. The zero-order valence-electron chi connectivity index (χ0n) is 12.8. The predicted molar refractivity (Wildman–Crippen MR) is 79.8 cm³/mol. The minimum Gasteiger partial charge on any atom is -0.491 e. The minimum absolute atomic E-state index is 0.0497. The van der Waals surface area contributed by atoms with Gasteiger partial charge in [-0.15, -0.1) is 0 Å². The molecule has 116 valence electrons. The van der Waals surface area contributed by atoms with Crippen LogP contribution >= 0.6 is 0 Å². The molecule has 0 aliphatic rings. The minimum atomic E-state index is -0.665. The molecule has 0 saturated heterocycles. The van der Waals surface area contributed by atoms with Gasteiger partial charge in [0.05, 0.1) is 6.10 Å². The summed E-state index contributed by atoms with van der Waals surface area (Å²) in [4.78, 5) is 11.6. The Kier molecular flexibility index (Phi) is 5.72. The third-order valence-electron chi connectivity index (χ3n) is 2.26. The maximum Gasteiger partial charge on any atom is 0.413 e. The van der Waals surface area contributed by atoms with Crippen LogP contribution in [0.25, 0.3) is 0 Å². The summed E-state index contributed by atoms with van der Waals surface area (Å²) in [7, 11) is 0. The molecule has 0 spiro atoms. The van der Waals surface area contributed by atoms with Gasteiger partial charge in [-0.05, 0) is 52.0 Å². The molecule has 1 amide bonds. The van der Waals surface area contributed by atoms with Gasteiger partial charge >= 0.3 is 6.09 Å². The Morgan fingerprint density at radius 2 is 1.90 bits per heavy atom. The number of aliphatic hydroxyl groups excluding tert-OH is 1. The number of aliphatic hydroxyl groups is 1. The molecule has 0 radical (unpaired) electrons. The predicted octanol–water partition coefficient (Wildman–Crippen LogP) is 2.30. The lowest BCUT2D eigenvalue weighted by Crippen LogP contribution is -2.36. The summed E-state index contributed by atoms with van der Waals surface area (Å²) in [6, 6.07) is 6.64. The van der Waals surface area contributed by atoms with E-state index in [4.69, 9.17) is 20.0 Å². The van der Waals surface area contributed by atoms with Gasteiger partial charge in [-0.2, -0.15) is 0 Å². The number of rotatable bonds is 4. The number of amidine groups is 1. The molecule has 1 unspecified atom stereocenters. The first-order valence-corrected chi connectivity index (χ1v) is 6.67. The highest BCUT2D eigenvalue weighted by atomic mass is 16.6. The van der Waals surface area contributed by atoms with E-state index in [0.29, 0.717) is 11.3 Å². The second kappa shape index (κ2) is 7.08. The van der Waals surface area contributed by atoms with Crippen molar-refractivity contribution in [3.05, 3.63) is 29.8 Å². The lowest BCUT2D eigenvalue weighted by atomic mass is 10.2. The molecule has 1 aromatic rings. The molecule has 0 bridgehead atoms. The first-order valence-electron chi connectivity index (χ1n) is 6.67. The van der Waals surface area contributed by atoms with Crippen molar-refractivity contribution in [2.45, 2.75) is 39.4 Å². The molecule has 1 aromatic carbocycles. The molecule has 0 fully saturated rings. The standard InChI is InChI=1S/C15H22N2O4/c1-10(18)9-20-12-7-5-11(6-8-12)13(16)17-14(19)21-15(2,3)4/h5-8,10,18H,9H2,1-4H3,(H2,16,17,19). The Bertz CT molecular complexity index is 489. The lowest BCUT2D eigenvalue weighted by molar-refractivity contribution is 0.0563. The molecule has 0 heterocycles. The number of nitrogens with one attached hydrogen (secondary N) is 2. The summed E-state index contributed by atoms with van der Waals surface area (Å²) in [5.41, 5.74) is -0.0754. The fraction of sp³-hybridized carbons (Fsp3) is 0.467. The van der Waals surface area contributed by atoms with Crippen LogP contribution in [-0.2, 0) is 4.74 Å². The number of carbonyl (C=O) groups excluding carboxylic acids is 1. The Hall–Kier alpha value is -2.08. The van der Waals surface area contributed by atoms with Gasteiger partial charge in [0, 0.05) is 5.56 Å². The lowest BCUT2D eigenvalue weighted by Gasteiger charge is -2.19.